The number of para-hydroxylation sites is 1. The smallest absolute Gasteiger partial charge is 0.0627 e. The Morgan fingerprint density at radius 1 is 1.10 bits per heavy atom. The minimum absolute atomic E-state index is 0.846. The van der Waals surface area contributed by atoms with Crippen LogP contribution in [-0.2, 0) is 6.42 Å². The predicted molar refractivity (Wildman–Crippen MR) is 91.4 cm³/mol. The minimum atomic E-state index is 0.846. The largest absolute Gasteiger partial charge is 0.397 e. The maximum atomic E-state index is 6.10. The summed E-state index contributed by atoms with van der Waals surface area (Å²) in [6.45, 7) is 5.21. The number of halogens is 1. The highest BCUT2D eigenvalue weighted by Gasteiger charge is 2.09. The Labute approximate surface area is 129 Å². The molecule has 2 rings (SSSR count). The Balaban J connectivity index is 2.13. The first-order valence-electron chi connectivity index (χ1n) is 6.80. The van der Waals surface area contributed by atoms with Crippen molar-refractivity contribution in [2.75, 3.05) is 24.2 Å². The van der Waals surface area contributed by atoms with E-state index in [2.05, 4.69) is 66.0 Å². The fourth-order valence-electron chi connectivity index (χ4n) is 2.51. The van der Waals surface area contributed by atoms with Crippen LogP contribution in [0.4, 0.5) is 11.4 Å². The first kappa shape index (κ1) is 14.9. The van der Waals surface area contributed by atoms with E-state index in [0.717, 1.165) is 28.8 Å². The average Bonchev–Trinajstić information content (AvgIpc) is 2.39. The van der Waals surface area contributed by atoms with E-state index in [1.807, 2.05) is 12.1 Å². The molecule has 0 unspecified atom stereocenters. The highest BCUT2D eigenvalue weighted by atomic mass is 79.9. The lowest BCUT2D eigenvalue weighted by atomic mass is 10.1. The molecule has 0 aliphatic carbocycles. The van der Waals surface area contributed by atoms with E-state index in [-0.39, 0.29) is 0 Å². The molecule has 0 saturated heterocycles. The van der Waals surface area contributed by atoms with Gasteiger partial charge in [0.1, 0.15) is 0 Å². The standard InChI is InChI=1S/C17H21BrN2/c1-12-7-8-15(18)11-14(12)9-10-20(3)17-13(2)5-4-6-16(17)19/h4-8,11H,9-10,19H2,1-3H3. The molecule has 0 heterocycles. The number of aryl methyl sites for hydroxylation is 2. The fourth-order valence-corrected chi connectivity index (χ4v) is 2.92. The van der Waals surface area contributed by atoms with Gasteiger partial charge in [0.15, 0.2) is 0 Å². The lowest BCUT2D eigenvalue weighted by Gasteiger charge is -2.23. The lowest BCUT2D eigenvalue weighted by Crippen LogP contribution is -2.22. The van der Waals surface area contributed by atoms with Crippen LogP contribution in [0.1, 0.15) is 16.7 Å². The first-order chi connectivity index (χ1) is 9.49. The van der Waals surface area contributed by atoms with E-state index in [9.17, 15) is 0 Å². The van der Waals surface area contributed by atoms with Crippen LogP contribution in [0.3, 0.4) is 0 Å². The van der Waals surface area contributed by atoms with Crippen LogP contribution in [-0.4, -0.2) is 13.6 Å². The Kier molecular flexibility index (Phi) is 4.71. The number of hydrogen-bond donors (Lipinski definition) is 1. The maximum Gasteiger partial charge on any atom is 0.0627 e. The summed E-state index contributed by atoms with van der Waals surface area (Å²) >= 11 is 3.54. The number of nitrogens with two attached hydrogens (primary N) is 1. The summed E-state index contributed by atoms with van der Waals surface area (Å²) in [6.07, 6.45) is 1.01. The van der Waals surface area contributed by atoms with E-state index in [4.69, 9.17) is 5.73 Å². The molecule has 0 saturated carbocycles. The van der Waals surface area contributed by atoms with Crippen molar-refractivity contribution in [3.63, 3.8) is 0 Å². The van der Waals surface area contributed by atoms with Gasteiger partial charge in [0, 0.05) is 18.1 Å². The first-order valence-corrected chi connectivity index (χ1v) is 7.59. The molecule has 0 fully saturated rings. The van der Waals surface area contributed by atoms with Crippen LogP contribution >= 0.6 is 15.9 Å². The van der Waals surface area contributed by atoms with Gasteiger partial charge in [0.2, 0.25) is 0 Å². The van der Waals surface area contributed by atoms with E-state index in [0.29, 0.717) is 0 Å². The maximum absolute atomic E-state index is 6.10. The molecule has 106 valence electrons. The summed E-state index contributed by atoms with van der Waals surface area (Å²) in [5.74, 6) is 0. The third-order valence-electron chi connectivity index (χ3n) is 3.68. The molecule has 0 radical (unpaired) electrons. The highest BCUT2D eigenvalue weighted by Crippen LogP contribution is 2.26. The van der Waals surface area contributed by atoms with Crippen LogP contribution < -0.4 is 10.6 Å². The van der Waals surface area contributed by atoms with Crippen molar-refractivity contribution in [1.82, 2.24) is 0 Å². The zero-order valence-electron chi connectivity index (χ0n) is 12.3. The third-order valence-corrected chi connectivity index (χ3v) is 4.17. The van der Waals surface area contributed by atoms with Crippen molar-refractivity contribution < 1.29 is 0 Å². The van der Waals surface area contributed by atoms with Gasteiger partial charge < -0.3 is 10.6 Å². The van der Waals surface area contributed by atoms with Crippen molar-refractivity contribution in [2.45, 2.75) is 20.3 Å². The molecule has 0 amide bonds. The molecule has 0 aromatic heterocycles. The van der Waals surface area contributed by atoms with Crippen LogP contribution in [0.15, 0.2) is 40.9 Å². The molecule has 2 aromatic carbocycles. The molecule has 2 N–H and O–H groups in total. The molecule has 0 aliphatic rings. The normalized spacial score (nSPS) is 10.6. The number of rotatable bonds is 4. The number of nitrogens with zero attached hydrogens (tertiary/aromatic N) is 1. The summed E-state index contributed by atoms with van der Waals surface area (Å²) in [7, 11) is 2.10. The van der Waals surface area contributed by atoms with Crippen molar-refractivity contribution in [2.24, 2.45) is 0 Å². The summed E-state index contributed by atoms with van der Waals surface area (Å²) in [4.78, 5) is 2.24. The van der Waals surface area contributed by atoms with Gasteiger partial charge >= 0.3 is 0 Å². The molecular formula is C17H21BrN2. The summed E-state index contributed by atoms with van der Waals surface area (Å²) in [5, 5.41) is 0. The summed E-state index contributed by atoms with van der Waals surface area (Å²) in [5.41, 5.74) is 12.0. The molecular weight excluding hydrogens is 312 g/mol. The second-order valence-electron chi connectivity index (χ2n) is 5.26. The zero-order valence-corrected chi connectivity index (χ0v) is 13.9. The van der Waals surface area contributed by atoms with Crippen LogP contribution in [0.2, 0.25) is 0 Å². The topological polar surface area (TPSA) is 29.3 Å². The van der Waals surface area contributed by atoms with Gasteiger partial charge in [-0.3, -0.25) is 0 Å². The molecule has 20 heavy (non-hydrogen) atoms. The van der Waals surface area contributed by atoms with E-state index in [1.54, 1.807) is 0 Å². The quantitative estimate of drug-likeness (QED) is 0.844. The van der Waals surface area contributed by atoms with E-state index < -0.39 is 0 Å². The van der Waals surface area contributed by atoms with Gasteiger partial charge in [-0.05, 0) is 55.2 Å². The highest BCUT2D eigenvalue weighted by molar-refractivity contribution is 9.10. The second-order valence-corrected chi connectivity index (χ2v) is 6.17. The van der Waals surface area contributed by atoms with Gasteiger partial charge in [-0.2, -0.15) is 0 Å². The molecule has 3 heteroatoms. The average molecular weight is 333 g/mol. The summed E-state index contributed by atoms with van der Waals surface area (Å²) < 4.78 is 1.14. The van der Waals surface area contributed by atoms with Gasteiger partial charge in [-0.25, -0.2) is 0 Å². The van der Waals surface area contributed by atoms with E-state index >= 15 is 0 Å². The lowest BCUT2D eigenvalue weighted by molar-refractivity contribution is 0.869. The van der Waals surface area contributed by atoms with Crippen molar-refractivity contribution in [3.05, 3.63) is 57.6 Å². The molecule has 0 aliphatic heterocycles. The minimum Gasteiger partial charge on any atom is -0.397 e. The van der Waals surface area contributed by atoms with Crippen molar-refractivity contribution in [1.29, 1.82) is 0 Å². The van der Waals surface area contributed by atoms with Crippen molar-refractivity contribution in [3.8, 4) is 0 Å². The Hall–Kier alpha value is -1.48. The van der Waals surface area contributed by atoms with Gasteiger partial charge in [0.25, 0.3) is 0 Å². The molecule has 2 aromatic rings. The van der Waals surface area contributed by atoms with Crippen LogP contribution in [0.5, 0.6) is 0 Å². The Morgan fingerprint density at radius 3 is 2.55 bits per heavy atom. The van der Waals surface area contributed by atoms with E-state index in [1.165, 1.54) is 16.7 Å². The second kappa shape index (κ2) is 6.31. The Morgan fingerprint density at radius 2 is 1.85 bits per heavy atom. The van der Waals surface area contributed by atoms with Gasteiger partial charge in [-0.1, -0.05) is 34.1 Å². The number of likely N-dealkylation sites (N-methyl/N-ethyl adjacent to an activating group) is 1. The van der Waals surface area contributed by atoms with Gasteiger partial charge in [-0.15, -0.1) is 0 Å². The molecule has 0 bridgehead atoms. The number of nitrogen functional groups attached to an aromatic ring is 1. The predicted octanol–water partition coefficient (Wildman–Crippen LogP) is 4.33. The fraction of sp³-hybridized carbons (Fsp3) is 0.294. The summed E-state index contributed by atoms with van der Waals surface area (Å²) in [6, 6.07) is 12.5. The number of hydrogen-bond acceptors (Lipinski definition) is 2. The monoisotopic (exact) mass is 332 g/mol. The number of benzene rings is 2. The van der Waals surface area contributed by atoms with Crippen molar-refractivity contribution >= 4 is 27.3 Å². The third kappa shape index (κ3) is 3.34. The zero-order chi connectivity index (χ0) is 14.7. The SMILES string of the molecule is Cc1ccc(Br)cc1CCN(C)c1c(C)cccc1N. The van der Waals surface area contributed by atoms with Crippen LogP contribution in [0, 0.1) is 13.8 Å². The Bertz CT molecular complexity index is 588. The molecule has 2 nitrogen and oxygen atoms in total. The molecule has 0 spiro atoms. The van der Waals surface area contributed by atoms with Crippen LogP contribution in [0.25, 0.3) is 0 Å². The molecule has 0 atom stereocenters. The van der Waals surface area contributed by atoms with Gasteiger partial charge in [0.05, 0.1) is 11.4 Å². The number of anilines is 2.